The Morgan fingerprint density at radius 3 is 2.77 bits per heavy atom. The summed E-state index contributed by atoms with van der Waals surface area (Å²) in [6.07, 6.45) is 7.03. The van der Waals surface area contributed by atoms with Crippen molar-refractivity contribution < 1.29 is 13.2 Å². The number of aryl methyl sites for hydroxylation is 1. The number of aromatic nitrogens is 2. The van der Waals surface area contributed by atoms with Crippen LogP contribution < -0.4 is 16.2 Å². The second-order valence-electron chi connectivity index (χ2n) is 5.69. The molecule has 1 fully saturated rings. The van der Waals surface area contributed by atoms with Crippen molar-refractivity contribution in [3.05, 3.63) is 12.4 Å². The van der Waals surface area contributed by atoms with Gasteiger partial charge < -0.3 is 11.1 Å². The van der Waals surface area contributed by atoms with Gasteiger partial charge in [-0.25, -0.2) is 13.6 Å². The number of nitrogens with two attached hydrogens (primary N) is 2. The van der Waals surface area contributed by atoms with E-state index in [1.807, 2.05) is 0 Å². The Bertz CT molecular complexity index is 613. The summed E-state index contributed by atoms with van der Waals surface area (Å²) in [5.74, 6) is 0.273. The average Bonchev–Trinajstić information content (AvgIpc) is 2.95. The molecule has 9 heteroatoms. The van der Waals surface area contributed by atoms with Gasteiger partial charge >= 0.3 is 0 Å². The molecule has 1 amide bonds. The maximum absolute atomic E-state index is 12.0. The molecule has 1 aliphatic carbocycles. The summed E-state index contributed by atoms with van der Waals surface area (Å²) in [5, 5.41) is 11.9. The number of sulfonamides is 1. The van der Waals surface area contributed by atoms with E-state index in [1.165, 1.54) is 17.1 Å². The van der Waals surface area contributed by atoms with Crippen LogP contribution in [-0.2, 0) is 21.4 Å². The lowest BCUT2D eigenvalue weighted by Crippen LogP contribution is -2.44. The quantitative estimate of drug-likeness (QED) is 0.650. The maximum atomic E-state index is 12.0. The van der Waals surface area contributed by atoms with Gasteiger partial charge in [-0.05, 0) is 25.3 Å². The van der Waals surface area contributed by atoms with E-state index in [4.69, 9.17) is 10.9 Å². The van der Waals surface area contributed by atoms with Gasteiger partial charge in [-0.2, -0.15) is 5.10 Å². The number of hydrogen-bond donors (Lipinski definition) is 3. The summed E-state index contributed by atoms with van der Waals surface area (Å²) in [4.78, 5) is 12.0. The van der Waals surface area contributed by atoms with Crippen molar-refractivity contribution in [1.82, 2.24) is 15.1 Å². The second-order valence-corrected chi connectivity index (χ2v) is 7.25. The zero-order chi connectivity index (χ0) is 16.2. The molecule has 1 aromatic heterocycles. The van der Waals surface area contributed by atoms with Crippen LogP contribution in [0.2, 0.25) is 0 Å². The lowest BCUT2D eigenvalue weighted by molar-refractivity contribution is -0.122. The van der Waals surface area contributed by atoms with Gasteiger partial charge in [0.05, 0.1) is 6.20 Å². The highest BCUT2D eigenvalue weighted by Gasteiger charge is 2.25. The zero-order valence-corrected chi connectivity index (χ0v) is 13.3. The molecule has 22 heavy (non-hydrogen) atoms. The van der Waals surface area contributed by atoms with E-state index in [0.29, 0.717) is 19.0 Å². The Hall–Kier alpha value is -1.45. The standard InChI is InChI=1S/C13H23N5O3S/c14-7-10-3-1-2-4-12(10)17-13(19)5-6-18-9-11(8-16-18)22(15,20)21/h8-10,12H,1-7,14H2,(H,17,19)(H2,15,20,21). The van der Waals surface area contributed by atoms with Crippen LogP contribution in [0.4, 0.5) is 0 Å². The molecule has 2 unspecified atom stereocenters. The maximum Gasteiger partial charge on any atom is 0.241 e. The zero-order valence-electron chi connectivity index (χ0n) is 12.4. The first kappa shape index (κ1) is 16.9. The lowest BCUT2D eigenvalue weighted by atomic mass is 9.84. The van der Waals surface area contributed by atoms with E-state index in [1.54, 1.807) is 0 Å². The number of rotatable bonds is 6. The van der Waals surface area contributed by atoms with E-state index in [2.05, 4.69) is 10.4 Å². The van der Waals surface area contributed by atoms with Crippen molar-refractivity contribution in [1.29, 1.82) is 0 Å². The molecule has 2 rings (SSSR count). The fourth-order valence-corrected chi connectivity index (χ4v) is 3.25. The van der Waals surface area contributed by atoms with Crippen LogP contribution in [0.15, 0.2) is 17.3 Å². The number of nitrogens with one attached hydrogen (secondary N) is 1. The van der Waals surface area contributed by atoms with Crippen LogP contribution in [0.25, 0.3) is 0 Å². The monoisotopic (exact) mass is 329 g/mol. The third-order valence-electron chi connectivity index (χ3n) is 4.06. The first-order chi connectivity index (χ1) is 10.4. The Kier molecular flexibility index (Phi) is 5.54. The van der Waals surface area contributed by atoms with Crippen molar-refractivity contribution in [2.45, 2.75) is 49.6 Å². The van der Waals surface area contributed by atoms with Gasteiger partial charge in [-0.3, -0.25) is 9.48 Å². The molecule has 0 bridgehead atoms. The van der Waals surface area contributed by atoms with Gasteiger partial charge in [0.1, 0.15) is 4.90 Å². The highest BCUT2D eigenvalue weighted by molar-refractivity contribution is 7.89. The molecule has 1 saturated carbocycles. The Balaban J connectivity index is 1.83. The molecule has 1 aromatic rings. The topological polar surface area (TPSA) is 133 Å². The molecule has 5 N–H and O–H groups in total. The summed E-state index contributed by atoms with van der Waals surface area (Å²) in [6, 6.07) is 0.142. The number of hydrogen-bond acceptors (Lipinski definition) is 5. The van der Waals surface area contributed by atoms with Crippen molar-refractivity contribution in [2.24, 2.45) is 16.8 Å². The highest BCUT2D eigenvalue weighted by atomic mass is 32.2. The summed E-state index contributed by atoms with van der Waals surface area (Å²) in [6.45, 7) is 0.892. The Morgan fingerprint density at radius 1 is 1.41 bits per heavy atom. The number of primary sulfonamides is 1. The molecule has 124 valence electrons. The number of carbonyl (C=O) groups excluding carboxylic acids is 1. The molecule has 0 aromatic carbocycles. The van der Waals surface area contributed by atoms with Gasteiger partial charge in [0.15, 0.2) is 0 Å². The molecular weight excluding hydrogens is 306 g/mol. The molecule has 1 aliphatic rings. The molecule has 0 aliphatic heterocycles. The normalized spacial score (nSPS) is 22.5. The SMILES string of the molecule is NCC1CCCCC1NC(=O)CCn1cc(S(N)(=O)=O)cn1. The molecule has 8 nitrogen and oxygen atoms in total. The first-order valence-corrected chi connectivity index (χ1v) is 8.99. The van der Waals surface area contributed by atoms with Crippen molar-refractivity contribution >= 4 is 15.9 Å². The molecule has 0 radical (unpaired) electrons. The largest absolute Gasteiger partial charge is 0.353 e. The summed E-state index contributed by atoms with van der Waals surface area (Å²) in [5.41, 5.74) is 5.74. The van der Waals surface area contributed by atoms with Gasteiger partial charge in [-0.15, -0.1) is 0 Å². The van der Waals surface area contributed by atoms with Gasteiger partial charge in [0.25, 0.3) is 0 Å². The van der Waals surface area contributed by atoms with Crippen molar-refractivity contribution in [3.8, 4) is 0 Å². The minimum Gasteiger partial charge on any atom is -0.353 e. The van der Waals surface area contributed by atoms with Crippen LogP contribution in [0.5, 0.6) is 0 Å². The van der Waals surface area contributed by atoms with Gasteiger partial charge in [0.2, 0.25) is 15.9 Å². The second kappa shape index (κ2) is 7.21. The summed E-state index contributed by atoms with van der Waals surface area (Å²) in [7, 11) is -3.75. The summed E-state index contributed by atoms with van der Waals surface area (Å²) >= 11 is 0. The Morgan fingerprint density at radius 2 is 2.14 bits per heavy atom. The van der Waals surface area contributed by atoms with E-state index >= 15 is 0 Å². The van der Waals surface area contributed by atoms with Crippen molar-refractivity contribution in [2.75, 3.05) is 6.54 Å². The Labute approximate surface area is 130 Å². The van der Waals surface area contributed by atoms with E-state index in [0.717, 1.165) is 25.7 Å². The average molecular weight is 329 g/mol. The molecular formula is C13H23N5O3S. The first-order valence-electron chi connectivity index (χ1n) is 7.45. The lowest BCUT2D eigenvalue weighted by Gasteiger charge is -2.31. The number of carbonyl (C=O) groups is 1. The van der Waals surface area contributed by atoms with Crippen LogP contribution in [0.3, 0.4) is 0 Å². The third-order valence-corrected chi connectivity index (χ3v) is 4.93. The minimum atomic E-state index is -3.75. The van der Waals surface area contributed by atoms with E-state index in [-0.39, 0.29) is 23.3 Å². The molecule has 1 heterocycles. The highest BCUT2D eigenvalue weighted by Crippen LogP contribution is 2.23. The fourth-order valence-electron chi connectivity index (χ4n) is 2.79. The predicted molar refractivity (Wildman–Crippen MR) is 81.2 cm³/mol. The molecule has 2 atom stereocenters. The van der Waals surface area contributed by atoms with Gasteiger partial charge in [0, 0.05) is 25.2 Å². The van der Waals surface area contributed by atoms with Crippen LogP contribution in [-0.4, -0.2) is 36.7 Å². The fraction of sp³-hybridized carbons (Fsp3) is 0.692. The summed E-state index contributed by atoms with van der Waals surface area (Å²) < 4.78 is 23.7. The third kappa shape index (κ3) is 4.52. The van der Waals surface area contributed by atoms with Gasteiger partial charge in [-0.1, -0.05) is 12.8 Å². The van der Waals surface area contributed by atoms with E-state index < -0.39 is 10.0 Å². The molecule has 0 saturated heterocycles. The predicted octanol–water partition coefficient (Wildman–Crippen LogP) is -0.446. The number of nitrogens with zero attached hydrogens (tertiary/aromatic N) is 2. The van der Waals surface area contributed by atoms with Crippen molar-refractivity contribution in [3.63, 3.8) is 0 Å². The van der Waals surface area contributed by atoms with E-state index in [9.17, 15) is 13.2 Å². The van der Waals surface area contributed by atoms with Crippen LogP contribution in [0, 0.1) is 5.92 Å². The number of amides is 1. The minimum absolute atomic E-state index is 0.0524. The smallest absolute Gasteiger partial charge is 0.241 e. The van der Waals surface area contributed by atoms with Crippen LogP contribution >= 0.6 is 0 Å². The molecule has 0 spiro atoms. The van der Waals surface area contributed by atoms with Crippen LogP contribution in [0.1, 0.15) is 32.1 Å².